The molecule has 0 aromatic carbocycles. The van der Waals surface area contributed by atoms with E-state index in [-0.39, 0.29) is 5.69 Å². The Kier molecular flexibility index (Phi) is 3.76. The first-order valence-corrected chi connectivity index (χ1v) is 4.51. The molecule has 1 aromatic heterocycles. The van der Waals surface area contributed by atoms with Crippen LogP contribution >= 0.6 is 0 Å². The van der Waals surface area contributed by atoms with Crippen molar-refractivity contribution in [2.75, 3.05) is 0 Å². The standard InChI is InChI=1S/C10H13NO4/c1-6-2-3-7(11-5-6)10(15)8(12)4-9(13)14/h2-3,5,8,10,12,15H,4H2,1H3,(H,13,14). The van der Waals surface area contributed by atoms with Crippen molar-refractivity contribution < 1.29 is 20.1 Å². The van der Waals surface area contributed by atoms with Crippen LogP contribution in [0.3, 0.4) is 0 Å². The van der Waals surface area contributed by atoms with Crippen LogP contribution in [0, 0.1) is 6.92 Å². The van der Waals surface area contributed by atoms with E-state index in [9.17, 15) is 15.0 Å². The fraction of sp³-hybridized carbons (Fsp3) is 0.400. The summed E-state index contributed by atoms with van der Waals surface area (Å²) < 4.78 is 0. The molecule has 0 radical (unpaired) electrons. The van der Waals surface area contributed by atoms with E-state index in [0.29, 0.717) is 0 Å². The van der Waals surface area contributed by atoms with E-state index in [0.717, 1.165) is 5.56 Å². The normalized spacial score (nSPS) is 14.6. The van der Waals surface area contributed by atoms with Gasteiger partial charge in [-0.05, 0) is 18.6 Å². The number of nitrogens with zero attached hydrogens (tertiary/aromatic N) is 1. The van der Waals surface area contributed by atoms with Gasteiger partial charge in [0, 0.05) is 6.20 Å². The highest BCUT2D eigenvalue weighted by Crippen LogP contribution is 2.16. The molecule has 2 atom stereocenters. The number of pyridine rings is 1. The second kappa shape index (κ2) is 4.86. The minimum atomic E-state index is -1.34. The Morgan fingerprint density at radius 1 is 1.47 bits per heavy atom. The average molecular weight is 211 g/mol. The number of aliphatic carboxylic acids is 1. The molecule has 0 fully saturated rings. The fourth-order valence-corrected chi connectivity index (χ4v) is 1.14. The summed E-state index contributed by atoms with van der Waals surface area (Å²) in [4.78, 5) is 14.2. The molecule has 0 aliphatic heterocycles. The zero-order chi connectivity index (χ0) is 11.4. The lowest BCUT2D eigenvalue weighted by Gasteiger charge is -2.15. The lowest BCUT2D eigenvalue weighted by atomic mass is 10.1. The van der Waals surface area contributed by atoms with Gasteiger partial charge in [0.1, 0.15) is 6.10 Å². The van der Waals surface area contributed by atoms with Crippen molar-refractivity contribution in [2.45, 2.75) is 25.6 Å². The molecule has 0 bridgehead atoms. The average Bonchev–Trinajstić information content (AvgIpc) is 2.17. The molecular formula is C10H13NO4. The lowest BCUT2D eigenvalue weighted by Crippen LogP contribution is -2.22. The van der Waals surface area contributed by atoms with Crippen molar-refractivity contribution in [3.8, 4) is 0 Å². The molecule has 1 aromatic rings. The molecule has 15 heavy (non-hydrogen) atoms. The largest absolute Gasteiger partial charge is 0.481 e. The molecule has 1 rings (SSSR count). The van der Waals surface area contributed by atoms with E-state index in [4.69, 9.17) is 5.11 Å². The number of hydrogen-bond donors (Lipinski definition) is 3. The van der Waals surface area contributed by atoms with Crippen LogP contribution < -0.4 is 0 Å². The first-order chi connectivity index (χ1) is 7.00. The Balaban J connectivity index is 2.71. The van der Waals surface area contributed by atoms with Crippen LogP contribution in [0.1, 0.15) is 23.8 Å². The molecule has 3 N–H and O–H groups in total. The molecule has 0 spiro atoms. The summed E-state index contributed by atoms with van der Waals surface area (Å²) in [5.74, 6) is -1.16. The Labute approximate surface area is 87.0 Å². The van der Waals surface area contributed by atoms with Crippen molar-refractivity contribution in [1.29, 1.82) is 0 Å². The first-order valence-electron chi connectivity index (χ1n) is 4.51. The van der Waals surface area contributed by atoms with Gasteiger partial charge in [0.15, 0.2) is 0 Å². The summed E-state index contributed by atoms with van der Waals surface area (Å²) in [6.45, 7) is 1.84. The van der Waals surface area contributed by atoms with Crippen molar-refractivity contribution >= 4 is 5.97 Å². The van der Waals surface area contributed by atoms with Gasteiger partial charge in [-0.25, -0.2) is 0 Å². The van der Waals surface area contributed by atoms with E-state index in [2.05, 4.69) is 4.98 Å². The second-order valence-electron chi connectivity index (χ2n) is 3.37. The maximum Gasteiger partial charge on any atom is 0.306 e. The van der Waals surface area contributed by atoms with Gasteiger partial charge in [0.05, 0.1) is 18.2 Å². The molecule has 0 aliphatic carbocycles. The minimum absolute atomic E-state index is 0.273. The second-order valence-corrected chi connectivity index (χ2v) is 3.37. The fourth-order valence-electron chi connectivity index (χ4n) is 1.14. The number of carbonyl (C=O) groups is 1. The van der Waals surface area contributed by atoms with E-state index < -0.39 is 24.6 Å². The number of aliphatic hydroxyl groups excluding tert-OH is 2. The van der Waals surface area contributed by atoms with E-state index in [1.165, 1.54) is 0 Å². The number of rotatable bonds is 4. The summed E-state index contributed by atoms with van der Waals surface area (Å²) in [6, 6.07) is 3.30. The third-order valence-electron chi connectivity index (χ3n) is 1.99. The topological polar surface area (TPSA) is 90.7 Å². The van der Waals surface area contributed by atoms with Crippen LogP contribution in [-0.2, 0) is 4.79 Å². The SMILES string of the molecule is Cc1ccc(C(O)C(O)CC(=O)O)nc1. The zero-order valence-corrected chi connectivity index (χ0v) is 8.29. The molecular weight excluding hydrogens is 198 g/mol. The van der Waals surface area contributed by atoms with Gasteiger partial charge < -0.3 is 15.3 Å². The third kappa shape index (κ3) is 3.30. The molecule has 5 nitrogen and oxygen atoms in total. The Morgan fingerprint density at radius 2 is 2.13 bits per heavy atom. The van der Waals surface area contributed by atoms with Crippen molar-refractivity contribution in [3.63, 3.8) is 0 Å². The van der Waals surface area contributed by atoms with Crippen LogP contribution in [0.15, 0.2) is 18.3 Å². The Morgan fingerprint density at radius 3 is 2.60 bits per heavy atom. The monoisotopic (exact) mass is 211 g/mol. The van der Waals surface area contributed by atoms with Crippen LogP contribution in [0.4, 0.5) is 0 Å². The maximum absolute atomic E-state index is 10.3. The van der Waals surface area contributed by atoms with Crippen molar-refractivity contribution in [3.05, 3.63) is 29.6 Å². The molecule has 82 valence electrons. The number of aliphatic hydroxyl groups is 2. The molecule has 1 heterocycles. The van der Waals surface area contributed by atoms with Gasteiger partial charge in [-0.15, -0.1) is 0 Å². The van der Waals surface area contributed by atoms with Crippen molar-refractivity contribution in [2.24, 2.45) is 0 Å². The smallest absolute Gasteiger partial charge is 0.306 e. The highest BCUT2D eigenvalue weighted by molar-refractivity contribution is 5.67. The number of hydrogen-bond acceptors (Lipinski definition) is 4. The number of carboxylic acid groups (broad SMARTS) is 1. The predicted molar refractivity (Wildman–Crippen MR) is 52.2 cm³/mol. The predicted octanol–water partition coefficient (Wildman–Crippen LogP) is 0.259. The number of carboxylic acids is 1. The van der Waals surface area contributed by atoms with Crippen LogP contribution in [0.5, 0.6) is 0 Å². The lowest BCUT2D eigenvalue weighted by molar-refractivity contribution is -0.141. The van der Waals surface area contributed by atoms with Gasteiger partial charge in [-0.3, -0.25) is 9.78 Å². The highest BCUT2D eigenvalue weighted by atomic mass is 16.4. The van der Waals surface area contributed by atoms with Crippen LogP contribution in [-0.4, -0.2) is 32.4 Å². The first kappa shape index (κ1) is 11.6. The summed E-state index contributed by atoms with van der Waals surface area (Å²) >= 11 is 0. The summed E-state index contributed by atoms with van der Waals surface area (Å²) in [5.41, 5.74) is 1.20. The van der Waals surface area contributed by atoms with Gasteiger partial charge in [-0.1, -0.05) is 6.07 Å². The molecule has 0 amide bonds. The van der Waals surface area contributed by atoms with Crippen molar-refractivity contribution in [1.82, 2.24) is 4.98 Å². The van der Waals surface area contributed by atoms with Crippen LogP contribution in [0.2, 0.25) is 0 Å². The van der Waals surface area contributed by atoms with Gasteiger partial charge >= 0.3 is 5.97 Å². The Hall–Kier alpha value is -1.46. The van der Waals surface area contributed by atoms with Gasteiger partial charge in [0.2, 0.25) is 0 Å². The molecule has 0 saturated heterocycles. The molecule has 0 aliphatic rings. The van der Waals surface area contributed by atoms with Gasteiger partial charge in [0.25, 0.3) is 0 Å². The molecule has 2 unspecified atom stereocenters. The number of aromatic nitrogens is 1. The van der Waals surface area contributed by atoms with E-state index >= 15 is 0 Å². The van der Waals surface area contributed by atoms with E-state index in [1.807, 2.05) is 6.92 Å². The highest BCUT2D eigenvalue weighted by Gasteiger charge is 2.21. The molecule has 5 heteroatoms. The van der Waals surface area contributed by atoms with Crippen LogP contribution in [0.25, 0.3) is 0 Å². The number of aryl methyl sites for hydroxylation is 1. The van der Waals surface area contributed by atoms with E-state index in [1.54, 1.807) is 18.3 Å². The third-order valence-corrected chi connectivity index (χ3v) is 1.99. The quantitative estimate of drug-likeness (QED) is 0.664. The zero-order valence-electron chi connectivity index (χ0n) is 8.29. The maximum atomic E-state index is 10.3. The molecule has 0 saturated carbocycles. The minimum Gasteiger partial charge on any atom is -0.481 e. The summed E-state index contributed by atoms with van der Waals surface area (Å²) in [5, 5.41) is 27.3. The summed E-state index contributed by atoms with van der Waals surface area (Å²) in [7, 11) is 0. The Bertz CT molecular complexity index is 336. The van der Waals surface area contributed by atoms with Gasteiger partial charge in [-0.2, -0.15) is 0 Å². The summed E-state index contributed by atoms with van der Waals surface area (Å²) in [6.07, 6.45) is -1.55.